The van der Waals surface area contributed by atoms with Gasteiger partial charge >= 0.3 is 0 Å². The molecule has 1 saturated heterocycles. The first kappa shape index (κ1) is 14.9. The van der Waals surface area contributed by atoms with Gasteiger partial charge in [-0.1, -0.05) is 22.9 Å². The zero-order valence-corrected chi connectivity index (χ0v) is 13.0. The maximum Gasteiger partial charge on any atom is 0.123 e. The lowest BCUT2D eigenvalue weighted by molar-refractivity contribution is 0.297. The molecular weight excluding hydrogens is 307 g/mol. The molecule has 0 radical (unpaired) electrons. The Balaban J connectivity index is 1.86. The minimum Gasteiger partial charge on any atom is -0.310 e. The van der Waals surface area contributed by atoms with Gasteiger partial charge in [0.2, 0.25) is 0 Å². The minimum atomic E-state index is -0.168. The summed E-state index contributed by atoms with van der Waals surface area (Å²) in [6, 6.07) is 5.41. The molecule has 1 fully saturated rings. The largest absolute Gasteiger partial charge is 0.310 e. The number of likely N-dealkylation sites (tertiary alicyclic amines) is 1. The van der Waals surface area contributed by atoms with Crippen LogP contribution in [0, 0.1) is 5.82 Å². The van der Waals surface area contributed by atoms with Crippen LogP contribution >= 0.6 is 15.9 Å². The molecular formula is C15H22BrFN2. The first-order valence-corrected chi connectivity index (χ1v) is 7.88. The number of nitrogens with zero attached hydrogens (tertiary/aromatic N) is 1. The van der Waals surface area contributed by atoms with Crippen molar-refractivity contribution in [3.05, 3.63) is 34.1 Å². The molecule has 106 valence electrons. The average Bonchev–Trinajstić information content (AvgIpc) is 2.65. The molecule has 4 heteroatoms. The number of hydrogen-bond donors (Lipinski definition) is 1. The standard InChI is InChI=1S/C15H22BrFN2/c1-2-19-8-3-4-14(7-9-19)18-11-12-10-13(17)5-6-15(12)16/h5-6,10,14,18H,2-4,7-9,11H2,1H3. The fraction of sp³-hybridized carbons (Fsp3) is 0.600. The van der Waals surface area contributed by atoms with Gasteiger partial charge in [0.15, 0.2) is 0 Å². The summed E-state index contributed by atoms with van der Waals surface area (Å²) in [4.78, 5) is 2.50. The number of nitrogens with one attached hydrogen (secondary N) is 1. The lowest BCUT2D eigenvalue weighted by Crippen LogP contribution is -2.30. The highest BCUT2D eigenvalue weighted by molar-refractivity contribution is 9.10. The van der Waals surface area contributed by atoms with Crippen LogP contribution in [0.15, 0.2) is 22.7 Å². The molecule has 0 saturated carbocycles. The van der Waals surface area contributed by atoms with E-state index in [1.165, 1.54) is 38.4 Å². The maximum atomic E-state index is 13.2. The highest BCUT2D eigenvalue weighted by Gasteiger charge is 2.15. The Morgan fingerprint density at radius 2 is 2.21 bits per heavy atom. The smallest absolute Gasteiger partial charge is 0.123 e. The molecule has 0 spiro atoms. The third kappa shape index (κ3) is 4.55. The van der Waals surface area contributed by atoms with Gasteiger partial charge in [0, 0.05) is 17.1 Å². The van der Waals surface area contributed by atoms with E-state index in [0.29, 0.717) is 6.04 Å². The third-order valence-corrected chi connectivity index (χ3v) is 4.63. The summed E-state index contributed by atoms with van der Waals surface area (Å²) in [5.41, 5.74) is 0.997. The predicted octanol–water partition coefficient (Wildman–Crippen LogP) is 3.55. The summed E-state index contributed by atoms with van der Waals surface area (Å²) < 4.78 is 14.2. The molecule has 0 aliphatic carbocycles. The summed E-state index contributed by atoms with van der Waals surface area (Å²) in [7, 11) is 0. The van der Waals surface area contributed by atoms with Crippen molar-refractivity contribution in [3.63, 3.8) is 0 Å². The van der Waals surface area contributed by atoms with E-state index in [1.54, 1.807) is 12.1 Å². The highest BCUT2D eigenvalue weighted by Crippen LogP contribution is 2.18. The molecule has 1 aliphatic rings. The van der Waals surface area contributed by atoms with Crippen molar-refractivity contribution in [1.82, 2.24) is 10.2 Å². The van der Waals surface area contributed by atoms with Gasteiger partial charge in [-0.3, -0.25) is 0 Å². The zero-order chi connectivity index (χ0) is 13.7. The molecule has 1 aromatic carbocycles. The van der Waals surface area contributed by atoms with Crippen LogP contribution in [0.5, 0.6) is 0 Å². The highest BCUT2D eigenvalue weighted by atomic mass is 79.9. The Morgan fingerprint density at radius 3 is 3.00 bits per heavy atom. The van der Waals surface area contributed by atoms with E-state index in [4.69, 9.17) is 0 Å². The predicted molar refractivity (Wildman–Crippen MR) is 80.7 cm³/mol. The van der Waals surface area contributed by atoms with Crippen LogP contribution in [0.1, 0.15) is 31.7 Å². The summed E-state index contributed by atoms with van der Waals surface area (Å²) >= 11 is 3.48. The van der Waals surface area contributed by atoms with Gasteiger partial charge in [-0.2, -0.15) is 0 Å². The number of rotatable bonds is 4. The quantitative estimate of drug-likeness (QED) is 0.909. The maximum absolute atomic E-state index is 13.2. The van der Waals surface area contributed by atoms with Crippen molar-refractivity contribution >= 4 is 15.9 Å². The Bertz CT molecular complexity index is 411. The van der Waals surface area contributed by atoms with Crippen molar-refractivity contribution in [2.75, 3.05) is 19.6 Å². The molecule has 1 unspecified atom stereocenters. The van der Waals surface area contributed by atoms with E-state index in [9.17, 15) is 4.39 Å². The molecule has 2 nitrogen and oxygen atoms in total. The van der Waals surface area contributed by atoms with Gasteiger partial charge < -0.3 is 10.2 Å². The minimum absolute atomic E-state index is 0.168. The topological polar surface area (TPSA) is 15.3 Å². The van der Waals surface area contributed by atoms with Crippen molar-refractivity contribution in [2.24, 2.45) is 0 Å². The SMILES string of the molecule is CCN1CCCC(NCc2cc(F)ccc2Br)CC1. The van der Waals surface area contributed by atoms with Gasteiger partial charge in [-0.25, -0.2) is 4.39 Å². The summed E-state index contributed by atoms with van der Waals surface area (Å²) in [5, 5.41) is 3.57. The molecule has 1 aliphatic heterocycles. The second-order valence-corrected chi connectivity index (χ2v) is 6.03. The van der Waals surface area contributed by atoms with E-state index in [0.717, 1.165) is 23.1 Å². The molecule has 0 bridgehead atoms. The van der Waals surface area contributed by atoms with Crippen molar-refractivity contribution < 1.29 is 4.39 Å². The van der Waals surface area contributed by atoms with Gasteiger partial charge in [0.1, 0.15) is 5.82 Å². The number of hydrogen-bond acceptors (Lipinski definition) is 2. The van der Waals surface area contributed by atoms with Gasteiger partial charge in [0.05, 0.1) is 0 Å². The summed E-state index contributed by atoms with van der Waals surface area (Å²) in [5.74, 6) is -0.168. The Kier molecular flexibility index (Phi) is 5.79. The lowest BCUT2D eigenvalue weighted by Gasteiger charge is -2.18. The second-order valence-electron chi connectivity index (χ2n) is 5.18. The van der Waals surface area contributed by atoms with Crippen molar-refractivity contribution in [1.29, 1.82) is 0 Å². The first-order valence-electron chi connectivity index (χ1n) is 7.08. The average molecular weight is 329 g/mol. The van der Waals surface area contributed by atoms with Crippen LogP contribution in [0.25, 0.3) is 0 Å². The zero-order valence-electron chi connectivity index (χ0n) is 11.5. The lowest BCUT2D eigenvalue weighted by atomic mass is 10.1. The van der Waals surface area contributed by atoms with E-state index < -0.39 is 0 Å². The van der Waals surface area contributed by atoms with E-state index >= 15 is 0 Å². The molecule has 1 N–H and O–H groups in total. The monoisotopic (exact) mass is 328 g/mol. The van der Waals surface area contributed by atoms with Crippen LogP contribution in [0.3, 0.4) is 0 Å². The van der Waals surface area contributed by atoms with Crippen LogP contribution in [-0.2, 0) is 6.54 Å². The van der Waals surface area contributed by atoms with Crippen molar-refractivity contribution in [3.8, 4) is 0 Å². The van der Waals surface area contributed by atoms with Crippen LogP contribution < -0.4 is 5.32 Å². The van der Waals surface area contributed by atoms with Crippen LogP contribution in [0.4, 0.5) is 4.39 Å². The summed E-state index contributed by atoms with van der Waals surface area (Å²) in [6.45, 7) is 6.46. The van der Waals surface area contributed by atoms with Crippen LogP contribution in [-0.4, -0.2) is 30.6 Å². The summed E-state index contributed by atoms with van der Waals surface area (Å²) in [6.07, 6.45) is 3.64. The van der Waals surface area contributed by atoms with Gasteiger partial charge in [0.25, 0.3) is 0 Å². The van der Waals surface area contributed by atoms with Gasteiger partial charge in [-0.05, 0) is 62.7 Å². The second kappa shape index (κ2) is 7.36. The fourth-order valence-electron chi connectivity index (χ4n) is 2.61. The van der Waals surface area contributed by atoms with Gasteiger partial charge in [-0.15, -0.1) is 0 Å². The van der Waals surface area contributed by atoms with E-state index in [-0.39, 0.29) is 5.82 Å². The number of benzene rings is 1. The van der Waals surface area contributed by atoms with E-state index in [2.05, 4.69) is 33.1 Å². The third-order valence-electron chi connectivity index (χ3n) is 3.86. The van der Waals surface area contributed by atoms with E-state index in [1.807, 2.05) is 0 Å². The molecule has 0 amide bonds. The first-order chi connectivity index (χ1) is 9.19. The molecule has 0 aromatic heterocycles. The molecule has 1 heterocycles. The number of halogens is 2. The molecule has 2 rings (SSSR count). The Morgan fingerprint density at radius 1 is 1.37 bits per heavy atom. The van der Waals surface area contributed by atoms with Crippen molar-refractivity contribution in [2.45, 2.75) is 38.8 Å². The normalized spacial score (nSPS) is 21.3. The molecule has 1 aromatic rings. The Labute approximate surface area is 123 Å². The fourth-order valence-corrected chi connectivity index (χ4v) is 3.00. The van der Waals surface area contributed by atoms with Crippen LogP contribution in [0.2, 0.25) is 0 Å². The molecule has 1 atom stereocenters. The Hall–Kier alpha value is -0.450. The molecule has 19 heavy (non-hydrogen) atoms.